The van der Waals surface area contributed by atoms with Crippen LogP contribution in [0.25, 0.3) is 0 Å². The number of aromatic nitrogens is 2. The molecule has 6 nitrogen and oxygen atoms in total. The summed E-state index contributed by atoms with van der Waals surface area (Å²) in [5, 5.41) is 20.3. The lowest BCUT2D eigenvalue weighted by Crippen LogP contribution is -2.53. The molecule has 2 atom stereocenters. The maximum atomic E-state index is 10.5. The first-order valence-electron chi connectivity index (χ1n) is 7.71. The number of piperidine rings is 1. The van der Waals surface area contributed by atoms with Crippen molar-refractivity contribution in [3.05, 3.63) is 11.8 Å². The van der Waals surface area contributed by atoms with Crippen LogP contribution in [-0.4, -0.2) is 46.0 Å². The Hall–Kier alpha value is -1.40. The van der Waals surface area contributed by atoms with Crippen LogP contribution in [-0.2, 0) is 6.42 Å². The average Bonchev–Trinajstić information content (AvgIpc) is 2.49. The Morgan fingerprint density at radius 1 is 1.48 bits per heavy atom. The molecule has 118 valence electrons. The van der Waals surface area contributed by atoms with E-state index in [1.807, 2.05) is 6.92 Å². The minimum atomic E-state index is -0.558. The largest absolute Gasteiger partial charge is 0.396 e. The summed E-state index contributed by atoms with van der Waals surface area (Å²) in [6.45, 7) is 5.40. The van der Waals surface area contributed by atoms with Gasteiger partial charge in [0.25, 0.3) is 0 Å². The van der Waals surface area contributed by atoms with Crippen LogP contribution in [0.5, 0.6) is 0 Å². The lowest BCUT2D eigenvalue weighted by Gasteiger charge is -2.45. The fraction of sp³-hybridized carbons (Fsp3) is 0.733. The van der Waals surface area contributed by atoms with Gasteiger partial charge >= 0.3 is 0 Å². The molecule has 1 aromatic heterocycles. The van der Waals surface area contributed by atoms with Crippen LogP contribution in [0.15, 0.2) is 6.20 Å². The second kappa shape index (κ2) is 6.58. The van der Waals surface area contributed by atoms with Gasteiger partial charge in [0.05, 0.1) is 12.7 Å². The first kappa shape index (κ1) is 16.0. The van der Waals surface area contributed by atoms with Crippen molar-refractivity contribution in [2.75, 3.05) is 30.3 Å². The summed E-state index contributed by atoms with van der Waals surface area (Å²) in [4.78, 5) is 10.4. The molecule has 2 rings (SSSR count). The van der Waals surface area contributed by atoms with Gasteiger partial charge < -0.3 is 20.8 Å². The fourth-order valence-corrected chi connectivity index (χ4v) is 3.20. The Morgan fingerprint density at radius 2 is 2.24 bits per heavy atom. The Labute approximate surface area is 126 Å². The van der Waals surface area contributed by atoms with Gasteiger partial charge in [-0.05, 0) is 19.3 Å². The predicted octanol–water partition coefficient (Wildman–Crippen LogP) is 0.971. The smallest absolute Gasteiger partial charge is 0.221 e. The molecule has 1 aromatic rings. The summed E-state index contributed by atoms with van der Waals surface area (Å²) in [5.74, 6) is 1.07. The Morgan fingerprint density at radius 3 is 2.81 bits per heavy atom. The van der Waals surface area contributed by atoms with Crippen molar-refractivity contribution in [2.24, 2.45) is 5.41 Å². The highest BCUT2D eigenvalue weighted by atomic mass is 16.3. The molecule has 1 saturated heterocycles. The van der Waals surface area contributed by atoms with Gasteiger partial charge in [0, 0.05) is 30.3 Å². The molecule has 0 aromatic carbocycles. The van der Waals surface area contributed by atoms with Crippen molar-refractivity contribution < 1.29 is 10.2 Å². The summed E-state index contributed by atoms with van der Waals surface area (Å²) in [7, 11) is 0. The van der Waals surface area contributed by atoms with E-state index >= 15 is 0 Å². The maximum Gasteiger partial charge on any atom is 0.221 e. The summed E-state index contributed by atoms with van der Waals surface area (Å²) < 4.78 is 0. The molecule has 6 heteroatoms. The quantitative estimate of drug-likeness (QED) is 0.749. The molecule has 0 bridgehead atoms. The average molecular weight is 294 g/mol. The van der Waals surface area contributed by atoms with Gasteiger partial charge in [-0.25, -0.2) is 4.98 Å². The summed E-state index contributed by atoms with van der Waals surface area (Å²) in [5.41, 5.74) is 6.35. The van der Waals surface area contributed by atoms with E-state index in [1.54, 1.807) is 6.20 Å². The number of nitrogens with zero attached hydrogens (tertiary/aromatic N) is 3. The van der Waals surface area contributed by atoms with Crippen molar-refractivity contribution >= 4 is 11.8 Å². The molecule has 4 N–H and O–H groups in total. The van der Waals surface area contributed by atoms with Gasteiger partial charge in [-0.3, -0.25) is 0 Å². The molecule has 21 heavy (non-hydrogen) atoms. The van der Waals surface area contributed by atoms with E-state index in [1.165, 1.54) is 0 Å². The van der Waals surface area contributed by atoms with Crippen LogP contribution in [0, 0.1) is 5.41 Å². The molecular formula is C15H26N4O2. The van der Waals surface area contributed by atoms with Crippen molar-refractivity contribution in [1.29, 1.82) is 0 Å². The molecule has 0 amide bonds. The van der Waals surface area contributed by atoms with Crippen molar-refractivity contribution in [3.8, 4) is 0 Å². The number of aryl methyl sites for hydroxylation is 1. The monoisotopic (exact) mass is 294 g/mol. The number of β-amino-alcohol motifs (C(OH)–C–C–N with tert-alkyl or cyclic N) is 1. The van der Waals surface area contributed by atoms with Gasteiger partial charge in [-0.2, -0.15) is 4.98 Å². The van der Waals surface area contributed by atoms with Gasteiger partial charge in [0.2, 0.25) is 5.95 Å². The zero-order valence-electron chi connectivity index (χ0n) is 12.9. The van der Waals surface area contributed by atoms with Crippen LogP contribution in [0.2, 0.25) is 0 Å². The Balaban J connectivity index is 2.21. The van der Waals surface area contributed by atoms with E-state index < -0.39 is 6.10 Å². The Kier molecular flexibility index (Phi) is 5.00. The summed E-state index contributed by atoms with van der Waals surface area (Å²) >= 11 is 0. The minimum Gasteiger partial charge on any atom is -0.396 e. The molecule has 1 fully saturated rings. The number of anilines is 2. The molecule has 0 saturated carbocycles. The number of aliphatic hydroxyl groups is 2. The lowest BCUT2D eigenvalue weighted by molar-refractivity contribution is -0.0372. The van der Waals surface area contributed by atoms with E-state index in [0.717, 1.165) is 43.6 Å². The summed E-state index contributed by atoms with van der Waals surface area (Å²) in [6, 6.07) is 0. The maximum absolute atomic E-state index is 10.5. The van der Waals surface area contributed by atoms with Crippen molar-refractivity contribution in [1.82, 2.24) is 9.97 Å². The Bertz CT molecular complexity index is 483. The molecule has 0 aliphatic carbocycles. The molecule has 0 radical (unpaired) electrons. The molecule has 0 spiro atoms. The number of rotatable bonds is 5. The third-order valence-corrected chi connectivity index (χ3v) is 4.58. The number of hydrogen-bond acceptors (Lipinski definition) is 6. The third kappa shape index (κ3) is 3.11. The molecule has 1 aliphatic rings. The van der Waals surface area contributed by atoms with Gasteiger partial charge in [-0.15, -0.1) is 0 Å². The van der Waals surface area contributed by atoms with Crippen molar-refractivity contribution in [3.63, 3.8) is 0 Å². The first-order chi connectivity index (χ1) is 10.1. The van der Waals surface area contributed by atoms with E-state index in [-0.39, 0.29) is 18.0 Å². The lowest BCUT2D eigenvalue weighted by atomic mass is 9.73. The van der Waals surface area contributed by atoms with Crippen LogP contribution in [0.3, 0.4) is 0 Å². The number of nitrogens with two attached hydrogens (primary N) is 1. The number of nitrogen functional groups attached to an aromatic ring is 1. The SMILES string of the molecule is CCC[C@]1(CO)CCN(c2nc(N)ncc2CC)C[C@@H]1O. The van der Waals surface area contributed by atoms with Crippen LogP contribution < -0.4 is 10.6 Å². The van der Waals surface area contributed by atoms with Gasteiger partial charge in [0.1, 0.15) is 5.82 Å². The van der Waals surface area contributed by atoms with E-state index in [0.29, 0.717) is 6.54 Å². The zero-order chi connectivity index (χ0) is 15.5. The van der Waals surface area contributed by atoms with E-state index in [2.05, 4.69) is 21.8 Å². The molecule has 0 unspecified atom stereocenters. The zero-order valence-corrected chi connectivity index (χ0v) is 12.9. The molecule has 1 aliphatic heterocycles. The second-order valence-corrected chi connectivity index (χ2v) is 5.91. The summed E-state index contributed by atoms with van der Waals surface area (Å²) in [6.07, 6.45) is 4.57. The second-order valence-electron chi connectivity index (χ2n) is 5.91. The molecular weight excluding hydrogens is 268 g/mol. The van der Waals surface area contributed by atoms with E-state index in [9.17, 15) is 10.2 Å². The van der Waals surface area contributed by atoms with Crippen LogP contribution in [0.4, 0.5) is 11.8 Å². The number of hydrogen-bond donors (Lipinski definition) is 3. The highest BCUT2D eigenvalue weighted by molar-refractivity contribution is 5.49. The predicted molar refractivity (Wildman–Crippen MR) is 83.1 cm³/mol. The normalized spacial score (nSPS) is 26.1. The van der Waals surface area contributed by atoms with E-state index in [4.69, 9.17) is 5.73 Å². The standard InChI is InChI=1S/C15H26N4O2/c1-3-5-15(10-20)6-7-19(9-12(15)21)13-11(4-2)8-17-14(16)18-13/h8,12,20-21H,3-7,9-10H2,1-2H3,(H2,16,17,18)/t12-,15+/m0/s1. The van der Waals surface area contributed by atoms with Gasteiger partial charge in [0.15, 0.2) is 0 Å². The highest BCUT2D eigenvalue weighted by Crippen LogP contribution is 2.37. The van der Waals surface area contributed by atoms with Gasteiger partial charge in [-0.1, -0.05) is 20.3 Å². The first-order valence-corrected chi connectivity index (χ1v) is 7.71. The van der Waals surface area contributed by atoms with Crippen LogP contribution in [0.1, 0.15) is 38.7 Å². The topological polar surface area (TPSA) is 95.5 Å². The third-order valence-electron chi connectivity index (χ3n) is 4.58. The van der Waals surface area contributed by atoms with Crippen molar-refractivity contribution in [2.45, 2.75) is 45.6 Å². The van der Waals surface area contributed by atoms with Crippen LogP contribution >= 0.6 is 0 Å². The highest BCUT2D eigenvalue weighted by Gasteiger charge is 2.41. The molecule has 2 heterocycles. The fourth-order valence-electron chi connectivity index (χ4n) is 3.20. The number of aliphatic hydroxyl groups excluding tert-OH is 2. The minimum absolute atomic E-state index is 0.0302.